The lowest BCUT2D eigenvalue weighted by molar-refractivity contribution is -0.136. The number of nitrogens with one attached hydrogen (secondary N) is 1. The fourth-order valence-electron chi connectivity index (χ4n) is 3.94. The molecule has 1 atom stereocenters. The van der Waals surface area contributed by atoms with Crippen molar-refractivity contribution in [1.29, 1.82) is 0 Å². The van der Waals surface area contributed by atoms with Crippen LogP contribution in [0.4, 0.5) is 4.79 Å². The SMILES string of the molecule is CCCN1C(=O)N[C@H](CC(=O)N2CCC(CCc3ccccc3)CC2)C1=O. The van der Waals surface area contributed by atoms with E-state index in [0.29, 0.717) is 12.5 Å². The molecule has 0 radical (unpaired) electrons. The van der Waals surface area contributed by atoms with Crippen LogP contribution in [0.2, 0.25) is 0 Å². The highest BCUT2D eigenvalue weighted by Gasteiger charge is 2.39. The normalized spacial score (nSPS) is 20.9. The Bertz CT molecular complexity index is 669. The Morgan fingerprint density at radius 1 is 1.15 bits per heavy atom. The number of imide groups is 1. The first kappa shape index (κ1) is 19.4. The molecule has 0 unspecified atom stereocenters. The van der Waals surface area contributed by atoms with Gasteiger partial charge in [0, 0.05) is 19.6 Å². The minimum atomic E-state index is -0.702. The number of hydrogen-bond acceptors (Lipinski definition) is 3. The number of rotatable bonds is 7. The molecule has 6 heteroatoms. The van der Waals surface area contributed by atoms with Gasteiger partial charge in [-0.15, -0.1) is 0 Å². The van der Waals surface area contributed by atoms with Crippen LogP contribution < -0.4 is 5.32 Å². The summed E-state index contributed by atoms with van der Waals surface area (Å²) in [6.07, 6.45) is 5.03. The van der Waals surface area contributed by atoms with E-state index >= 15 is 0 Å². The average Bonchev–Trinajstić information content (AvgIpc) is 2.95. The molecule has 1 aromatic rings. The molecule has 146 valence electrons. The van der Waals surface area contributed by atoms with Gasteiger partial charge in [0.05, 0.1) is 6.42 Å². The summed E-state index contributed by atoms with van der Waals surface area (Å²) in [5, 5.41) is 2.65. The van der Waals surface area contributed by atoms with E-state index in [1.54, 1.807) is 0 Å². The Hall–Kier alpha value is -2.37. The van der Waals surface area contributed by atoms with E-state index in [1.807, 2.05) is 17.9 Å². The predicted octanol–water partition coefficient (Wildman–Crippen LogP) is 2.58. The zero-order valence-electron chi connectivity index (χ0n) is 16.0. The van der Waals surface area contributed by atoms with Gasteiger partial charge < -0.3 is 10.2 Å². The van der Waals surface area contributed by atoms with Crippen molar-refractivity contribution in [3.05, 3.63) is 35.9 Å². The van der Waals surface area contributed by atoms with Crippen LogP contribution in [-0.2, 0) is 16.0 Å². The van der Waals surface area contributed by atoms with E-state index in [4.69, 9.17) is 0 Å². The number of benzene rings is 1. The van der Waals surface area contributed by atoms with Crippen LogP contribution >= 0.6 is 0 Å². The number of likely N-dealkylation sites (tertiary alicyclic amines) is 1. The van der Waals surface area contributed by atoms with E-state index in [1.165, 1.54) is 10.5 Å². The molecule has 0 spiro atoms. The third-order valence-corrected chi connectivity index (χ3v) is 5.58. The zero-order valence-corrected chi connectivity index (χ0v) is 16.0. The topological polar surface area (TPSA) is 69.7 Å². The fourth-order valence-corrected chi connectivity index (χ4v) is 3.94. The van der Waals surface area contributed by atoms with Crippen molar-refractivity contribution >= 4 is 17.8 Å². The van der Waals surface area contributed by atoms with Crippen LogP contribution in [0, 0.1) is 5.92 Å². The van der Waals surface area contributed by atoms with Gasteiger partial charge in [0.1, 0.15) is 6.04 Å². The van der Waals surface area contributed by atoms with Gasteiger partial charge >= 0.3 is 6.03 Å². The minimum Gasteiger partial charge on any atom is -0.343 e. The number of urea groups is 1. The van der Waals surface area contributed by atoms with Crippen LogP contribution in [0.3, 0.4) is 0 Å². The molecule has 1 N–H and O–H groups in total. The van der Waals surface area contributed by atoms with Gasteiger partial charge in [-0.2, -0.15) is 0 Å². The van der Waals surface area contributed by atoms with Gasteiger partial charge in [-0.1, -0.05) is 37.3 Å². The molecule has 0 saturated carbocycles. The molecule has 2 heterocycles. The maximum Gasteiger partial charge on any atom is 0.324 e. The highest BCUT2D eigenvalue weighted by Crippen LogP contribution is 2.23. The lowest BCUT2D eigenvalue weighted by Crippen LogP contribution is -2.42. The minimum absolute atomic E-state index is 0.0338. The number of carbonyl (C=O) groups excluding carboxylic acids is 3. The quantitative estimate of drug-likeness (QED) is 0.749. The van der Waals surface area contributed by atoms with Crippen LogP contribution in [0.15, 0.2) is 30.3 Å². The maximum atomic E-state index is 12.6. The molecule has 2 aliphatic heterocycles. The Morgan fingerprint density at radius 2 is 1.85 bits per heavy atom. The monoisotopic (exact) mass is 371 g/mol. The van der Waals surface area contributed by atoms with Crippen LogP contribution in [0.1, 0.15) is 44.6 Å². The van der Waals surface area contributed by atoms with Crippen LogP contribution in [-0.4, -0.2) is 53.3 Å². The lowest BCUT2D eigenvalue weighted by Gasteiger charge is -2.32. The Morgan fingerprint density at radius 3 is 2.52 bits per heavy atom. The molecule has 4 amide bonds. The molecule has 0 aliphatic carbocycles. The molecule has 3 rings (SSSR count). The smallest absolute Gasteiger partial charge is 0.324 e. The van der Waals surface area contributed by atoms with E-state index in [2.05, 4.69) is 29.6 Å². The van der Waals surface area contributed by atoms with Crippen molar-refractivity contribution in [1.82, 2.24) is 15.1 Å². The summed E-state index contributed by atoms with van der Waals surface area (Å²) >= 11 is 0. The van der Waals surface area contributed by atoms with Crippen LogP contribution in [0.25, 0.3) is 0 Å². The van der Waals surface area contributed by atoms with Crippen molar-refractivity contribution in [2.45, 2.75) is 51.5 Å². The number of carbonyl (C=O) groups is 3. The first-order valence-corrected chi connectivity index (χ1v) is 10.0. The van der Waals surface area contributed by atoms with Gasteiger partial charge in [0.25, 0.3) is 5.91 Å². The molecular formula is C21H29N3O3. The van der Waals surface area contributed by atoms with Crippen molar-refractivity contribution in [2.24, 2.45) is 5.92 Å². The van der Waals surface area contributed by atoms with Gasteiger partial charge in [-0.25, -0.2) is 4.79 Å². The molecule has 2 fully saturated rings. The number of nitrogens with zero attached hydrogens (tertiary/aromatic N) is 2. The first-order chi connectivity index (χ1) is 13.1. The molecule has 0 aromatic heterocycles. The van der Waals surface area contributed by atoms with Crippen molar-refractivity contribution in [3.8, 4) is 0 Å². The van der Waals surface area contributed by atoms with Gasteiger partial charge in [-0.3, -0.25) is 14.5 Å². The predicted molar refractivity (Wildman–Crippen MR) is 103 cm³/mol. The summed E-state index contributed by atoms with van der Waals surface area (Å²) in [5.74, 6) is 0.337. The van der Waals surface area contributed by atoms with Crippen molar-refractivity contribution in [3.63, 3.8) is 0 Å². The number of piperidine rings is 1. The van der Waals surface area contributed by atoms with Gasteiger partial charge in [0.2, 0.25) is 5.91 Å². The number of amides is 4. The molecule has 27 heavy (non-hydrogen) atoms. The highest BCUT2D eigenvalue weighted by atomic mass is 16.2. The highest BCUT2D eigenvalue weighted by molar-refractivity contribution is 6.05. The van der Waals surface area contributed by atoms with E-state index < -0.39 is 6.04 Å². The van der Waals surface area contributed by atoms with E-state index in [0.717, 1.165) is 45.2 Å². The second kappa shape index (κ2) is 9.02. The molecule has 6 nitrogen and oxygen atoms in total. The van der Waals surface area contributed by atoms with Gasteiger partial charge in [-0.05, 0) is 43.6 Å². The largest absolute Gasteiger partial charge is 0.343 e. The Labute approximate surface area is 160 Å². The summed E-state index contributed by atoms with van der Waals surface area (Å²) in [4.78, 5) is 39.7. The second-order valence-corrected chi connectivity index (χ2v) is 7.54. The van der Waals surface area contributed by atoms with E-state index in [-0.39, 0.29) is 24.3 Å². The third kappa shape index (κ3) is 4.87. The molecular weight excluding hydrogens is 342 g/mol. The first-order valence-electron chi connectivity index (χ1n) is 10.0. The summed E-state index contributed by atoms with van der Waals surface area (Å²) in [5.41, 5.74) is 1.36. The lowest BCUT2D eigenvalue weighted by atomic mass is 9.90. The molecule has 1 aromatic carbocycles. The van der Waals surface area contributed by atoms with Crippen LogP contribution in [0.5, 0.6) is 0 Å². The summed E-state index contributed by atoms with van der Waals surface area (Å²) in [7, 11) is 0. The van der Waals surface area contributed by atoms with Crippen molar-refractivity contribution in [2.75, 3.05) is 19.6 Å². The summed E-state index contributed by atoms with van der Waals surface area (Å²) < 4.78 is 0. The molecule has 0 bridgehead atoms. The third-order valence-electron chi connectivity index (χ3n) is 5.58. The number of hydrogen-bond donors (Lipinski definition) is 1. The second-order valence-electron chi connectivity index (χ2n) is 7.54. The average molecular weight is 371 g/mol. The Kier molecular flexibility index (Phi) is 6.48. The molecule has 2 aliphatic rings. The standard InChI is InChI=1S/C21H29N3O3/c1-2-12-24-20(26)18(22-21(24)27)15-19(25)23-13-10-17(11-14-23)9-8-16-6-4-3-5-7-16/h3-7,17-18H,2,8-15H2,1H3,(H,22,27)/t18-/m1/s1. The molecule has 2 saturated heterocycles. The summed E-state index contributed by atoms with van der Waals surface area (Å²) in [6, 6.07) is 9.42. The van der Waals surface area contributed by atoms with Crippen molar-refractivity contribution < 1.29 is 14.4 Å². The number of aryl methyl sites for hydroxylation is 1. The Balaban J connectivity index is 1.42. The maximum absolute atomic E-state index is 12.6. The zero-order chi connectivity index (χ0) is 19.2. The summed E-state index contributed by atoms with van der Waals surface area (Å²) in [6.45, 7) is 3.81. The van der Waals surface area contributed by atoms with Gasteiger partial charge in [0.15, 0.2) is 0 Å². The van der Waals surface area contributed by atoms with E-state index in [9.17, 15) is 14.4 Å². The fraction of sp³-hybridized carbons (Fsp3) is 0.571.